The third-order valence-corrected chi connectivity index (χ3v) is 10.1. The summed E-state index contributed by atoms with van der Waals surface area (Å²) in [5.74, 6) is 0. The molecule has 0 atom stereocenters. The van der Waals surface area contributed by atoms with Gasteiger partial charge in [-0.3, -0.25) is 0 Å². The molecule has 4 rings (SSSR count). The van der Waals surface area contributed by atoms with Crippen LogP contribution in [0.5, 0.6) is 0 Å². The summed E-state index contributed by atoms with van der Waals surface area (Å²) in [5, 5.41) is 0. The van der Waals surface area contributed by atoms with Gasteiger partial charge in [0.05, 0.1) is 0 Å². The van der Waals surface area contributed by atoms with Crippen LogP contribution in [0.1, 0.15) is 44.9 Å². The molecule has 0 aliphatic heterocycles. The molecule has 0 heterocycles. The van der Waals surface area contributed by atoms with E-state index in [1.807, 2.05) is 0 Å². The van der Waals surface area contributed by atoms with Crippen molar-refractivity contribution in [3.8, 4) is 0 Å². The zero-order chi connectivity index (χ0) is 19.4. The fourth-order valence-electron chi connectivity index (χ4n) is 4.17. The first-order valence-corrected chi connectivity index (χ1v) is 13.9. The van der Waals surface area contributed by atoms with Crippen molar-refractivity contribution < 1.29 is 0 Å². The number of benzene rings is 3. The van der Waals surface area contributed by atoms with Gasteiger partial charge in [-0.25, -0.2) is 0 Å². The maximum Gasteiger partial charge on any atom is 0.383 e. The zero-order valence-corrected chi connectivity index (χ0v) is 20.4. The van der Waals surface area contributed by atoms with Gasteiger partial charge in [-0.2, -0.15) is 0 Å². The summed E-state index contributed by atoms with van der Waals surface area (Å²) < 4.78 is 5.57. The van der Waals surface area contributed by atoms with Gasteiger partial charge >= 0.3 is 14.1 Å². The van der Waals surface area contributed by atoms with Gasteiger partial charge in [0.1, 0.15) is 0 Å². The van der Waals surface area contributed by atoms with E-state index in [4.69, 9.17) is 0 Å². The smallest absolute Gasteiger partial charge is 0.0986 e. The largest absolute Gasteiger partial charge is 0.383 e. The molecule has 142 valence electrons. The van der Waals surface area contributed by atoms with Crippen molar-refractivity contribution in [3.63, 3.8) is 0 Å². The lowest BCUT2D eigenvalue weighted by Crippen LogP contribution is -2.51. The van der Waals surface area contributed by atoms with Crippen molar-refractivity contribution in [2.24, 2.45) is 0 Å². The zero-order valence-electron chi connectivity index (χ0n) is 17.3. The second-order valence-corrected chi connectivity index (χ2v) is 12.6. The summed E-state index contributed by atoms with van der Waals surface area (Å²) in [4.78, 5) is 0. The highest BCUT2D eigenvalue weighted by atomic mass is 27.2. The first kappa shape index (κ1) is 21.4. The second kappa shape index (κ2) is 12.3. The van der Waals surface area contributed by atoms with Gasteiger partial charge in [-0.15, -0.1) is 0 Å². The Hall–Kier alpha value is -1.28. The molecule has 0 nitrogen and oxygen atoms in total. The molecule has 0 aromatic heterocycles. The van der Waals surface area contributed by atoms with Crippen molar-refractivity contribution in [1.82, 2.24) is 0 Å². The van der Waals surface area contributed by atoms with E-state index in [1.165, 1.54) is 61.7 Å². The van der Waals surface area contributed by atoms with Gasteiger partial charge in [0.15, 0.2) is 0 Å². The molecule has 0 unspecified atom stereocenters. The van der Waals surface area contributed by atoms with Crippen molar-refractivity contribution in [3.05, 3.63) is 91.0 Å². The summed E-state index contributed by atoms with van der Waals surface area (Å²) in [6.45, 7) is 0. The minimum Gasteiger partial charge on any atom is -0.0986 e. The Bertz CT molecular complexity index is 669. The lowest BCUT2D eigenvalue weighted by Gasteiger charge is -2.14. The molecule has 1 aliphatic rings. The Morgan fingerprint density at radius 1 is 0.500 bits per heavy atom. The molecule has 0 N–H and O–H groups in total. The highest BCUT2D eigenvalue weighted by molar-refractivity contribution is 6.95. The summed E-state index contributed by atoms with van der Waals surface area (Å²) in [6, 6.07) is 32.7. The van der Waals surface area contributed by atoms with Crippen LogP contribution < -0.4 is 13.3 Å². The molecule has 3 aromatic carbocycles. The van der Waals surface area contributed by atoms with Crippen LogP contribution in [-0.4, -0.2) is 30.4 Å². The van der Waals surface area contributed by atoms with Gasteiger partial charge in [0.25, 0.3) is 0 Å². The molecule has 0 spiro atoms. The fraction of sp³-hybridized carbons (Fsp3) is 0.308. The molecule has 3 aromatic rings. The predicted octanol–water partition coefficient (Wildman–Crippen LogP) is 4.36. The highest BCUT2D eigenvalue weighted by Gasteiger charge is 2.23. The van der Waals surface area contributed by atoms with Crippen LogP contribution in [0.3, 0.4) is 0 Å². The van der Waals surface area contributed by atoms with Gasteiger partial charge in [0, 0.05) is 0 Å². The van der Waals surface area contributed by atoms with Gasteiger partial charge in [-0.1, -0.05) is 154 Å². The van der Waals surface area contributed by atoms with E-state index in [1.54, 1.807) is 12.8 Å². The average molecular weight is 399 g/mol. The summed E-state index contributed by atoms with van der Waals surface area (Å²) >= 11 is 0.138. The highest BCUT2D eigenvalue weighted by Crippen LogP contribution is 2.23. The molecular formula is C26H32Al2. The van der Waals surface area contributed by atoms with Crippen molar-refractivity contribution >= 4 is 43.7 Å². The number of hydrogen-bond acceptors (Lipinski definition) is 0. The van der Waals surface area contributed by atoms with Crippen LogP contribution in [-0.2, 0) is 0 Å². The molecule has 0 saturated heterocycles. The van der Waals surface area contributed by atoms with Crippen LogP contribution in [0.15, 0.2) is 91.0 Å². The Morgan fingerprint density at radius 2 is 0.821 bits per heavy atom. The Labute approximate surface area is 183 Å². The van der Waals surface area contributed by atoms with Crippen molar-refractivity contribution in [2.45, 2.75) is 49.7 Å². The van der Waals surface area contributed by atoms with Crippen LogP contribution >= 0.6 is 0 Å². The van der Waals surface area contributed by atoms with Crippen LogP contribution in [0.4, 0.5) is 0 Å². The Balaban J connectivity index is 0.000000211. The van der Waals surface area contributed by atoms with E-state index in [-0.39, 0.29) is 0 Å². The van der Waals surface area contributed by atoms with Crippen LogP contribution in [0.25, 0.3) is 0 Å². The third-order valence-electron chi connectivity index (χ3n) is 5.79. The van der Waals surface area contributed by atoms with E-state index in [0.717, 1.165) is 4.78 Å². The summed E-state index contributed by atoms with van der Waals surface area (Å²) in [6.07, 6.45) is 10.7. The minimum atomic E-state index is -1.31. The normalized spacial score (nSPS) is 14.9. The first-order chi connectivity index (χ1) is 13.8. The van der Waals surface area contributed by atoms with E-state index in [0.29, 0.717) is 0 Å². The Morgan fingerprint density at radius 3 is 1.18 bits per heavy atom. The molecule has 28 heavy (non-hydrogen) atoms. The maximum atomic E-state index is 2.26. The quantitative estimate of drug-likeness (QED) is 0.576. The summed E-state index contributed by atoms with van der Waals surface area (Å²) in [5.41, 5.74) is 0. The number of hydrogen-bond donors (Lipinski definition) is 0. The van der Waals surface area contributed by atoms with Crippen molar-refractivity contribution in [1.29, 1.82) is 0 Å². The monoisotopic (exact) mass is 398 g/mol. The molecule has 0 bridgehead atoms. The van der Waals surface area contributed by atoms with Gasteiger partial charge in [0.2, 0.25) is 16.3 Å². The van der Waals surface area contributed by atoms with Crippen LogP contribution in [0.2, 0.25) is 4.78 Å². The molecule has 1 fully saturated rings. The molecule has 1 aliphatic carbocycles. The molecule has 0 radical (unpaired) electrons. The maximum absolute atomic E-state index is 2.26. The fourth-order valence-corrected chi connectivity index (χ4v) is 7.97. The first-order valence-electron chi connectivity index (χ1n) is 11.0. The standard InChI is InChI=1S/C8H15.3C6H5.2Al.2H/c1-2-4-6-8-7-5-3-1;3*1-2-4-6-5-3-1;;;;/h1H,2-8H2;3*1-5H;;;;. The predicted molar refractivity (Wildman–Crippen MR) is 129 cm³/mol. The van der Waals surface area contributed by atoms with E-state index < -0.39 is 14.1 Å². The minimum absolute atomic E-state index is 1.16. The molecule has 2 heteroatoms. The SMILES string of the molecule is [AlH2][CH]1CCCCCCC1.c1cc[c]([Al]([c]2ccccc2)[c]2ccccc2)cc1. The second-order valence-electron chi connectivity index (χ2n) is 8.12. The summed E-state index contributed by atoms with van der Waals surface area (Å²) in [7, 11) is 0. The molecule has 0 amide bonds. The van der Waals surface area contributed by atoms with Gasteiger partial charge in [-0.05, 0) is 0 Å². The third kappa shape index (κ3) is 6.96. The molecular weight excluding hydrogens is 366 g/mol. The Kier molecular flexibility index (Phi) is 9.43. The van der Waals surface area contributed by atoms with E-state index in [2.05, 4.69) is 91.0 Å². The van der Waals surface area contributed by atoms with Crippen LogP contribution in [0, 0.1) is 0 Å². The van der Waals surface area contributed by atoms with E-state index in [9.17, 15) is 0 Å². The lowest BCUT2D eigenvalue weighted by molar-refractivity contribution is 0.504. The average Bonchev–Trinajstić information content (AvgIpc) is 2.74. The van der Waals surface area contributed by atoms with Crippen molar-refractivity contribution in [2.75, 3.05) is 0 Å². The lowest BCUT2D eigenvalue weighted by atomic mass is 10.0. The number of rotatable bonds is 3. The van der Waals surface area contributed by atoms with E-state index >= 15 is 0 Å². The van der Waals surface area contributed by atoms with Gasteiger partial charge < -0.3 is 0 Å². The topological polar surface area (TPSA) is 0 Å². The molecule has 1 saturated carbocycles.